The Hall–Kier alpha value is -1.72. The molecule has 122 valence electrons. The van der Waals surface area contributed by atoms with E-state index in [1.165, 1.54) is 30.0 Å². The second-order valence-corrected chi connectivity index (χ2v) is 7.74. The molecule has 0 fully saturated rings. The molecule has 1 aliphatic carbocycles. The van der Waals surface area contributed by atoms with Crippen LogP contribution in [0.2, 0.25) is 0 Å². The van der Waals surface area contributed by atoms with Gasteiger partial charge in [-0.25, -0.2) is 4.98 Å². The lowest BCUT2D eigenvalue weighted by Crippen LogP contribution is -2.41. The van der Waals surface area contributed by atoms with E-state index in [4.69, 9.17) is 0 Å². The van der Waals surface area contributed by atoms with Crippen LogP contribution in [-0.4, -0.2) is 21.6 Å². The molecule has 3 rings (SSSR count). The summed E-state index contributed by atoms with van der Waals surface area (Å²) in [4.78, 5) is 17.7. The first-order valence-electron chi connectivity index (χ1n) is 7.96. The highest BCUT2D eigenvalue weighted by atomic mass is 32.1. The van der Waals surface area contributed by atoms with Crippen molar-refractivity contribution >= 4 is 17.2 Å². The Morgan fingerprint density at radius 1 is 1.39 bits per heavy atom. The van der Waals surface area contributed by atoms with Crippen LogP contribution >= 0.6 is 11.3 Å². The van der Waals surface area contributed by atoms with E-state index in [9.17, 15) is 9.90 Å². The number of aliphatic hydroxyl groups is 1. The van der Waals surface area contributed by atoms with Gasteiger partial charge in [-0.3, -0.25) is 4.79 Å². The van der Waals surface area contributed by atoms with Gasteiger partial charge in [-0.1, -0.05) is 30.3 Å². The fourth-order valence-electron chi connectivity index (χ4n) is 2.89. The number of amides is 1. The highest BCUT2D eigenvalue weighted by Gasteiger charge is 2.25. The van der Waals surface area contributed by atoms with Gasteiger partial charge in [-0.2, -0.15) is 0 Å². The molecule has 0 radical (unpaired) electrons. The highest BCUT2D eigenvalue weighted by molar-refractivity contribution is 7.11. The van der Waals surface area contributed by atoms with Crippen LogP contribution in [0.3, 0.4) is 0 Å². The third kappa shape index (κ3) is 3.79. The van der Waals surface area contributed by atoms with Crippen LogP contribution in [0.5, 0.6) is 0 Å². The van der Waals surface area contributed by atoms with Crippen molar-refractivity contribution in [3.05, 3.63) is 51.5 Å². The van der Waals surface area contributed by atoms with Crippen LogP contribution in [0.4, 0.5) is 0 Å². The van der Waals surface area contributed by atoms with E-state index in [1.807, 2.05) is 6.07 Å². The first-order valence-corrected chi connectivity index (χ1v) is 8.78. The zero-order valence-electron chi connectivity index (χ0n) is 13.5. The van der Waals surface area contributed by atoms with Gasteiger partial charge < -0.3 is 10.4 Å². The minimum absolute atomic E-state index is 0.368. The fraction of sp³-hybridized carbons (Fsp3) is 0.444. The Labute approximate surface area is 140 Å². The summed E-state index contributed by atoms with van der Waals surface area (Å²) in [5.74, 6) is 0.191. The number of aromatic nitrogens is 1. The summed E-state index contributed by atoms with van der Waals surface area (Å²) in [7, 11) is 0. The molecule has 2 aromatic rings. The number of fused-ring (bicyclic) bond motifs is 1. The lowest BCUT2D eigenvalue weighted by molar-refractivity contribution is -0.136. The SMILES string of the molecule is CC(C)(O)C(=O)NCc1nc2c(s1)C[C@H](c1ccccc1)CC2. The predicted octanol–water partition coefficient (Wildman–Crippen LogP) is 2.80. The van der Waals surface area contributed by atoms with Gasteiger partial charge in [-0.05, 0) is 44.6 Å². The van der Waals surface area contributed by atoms with Gasteiger partial charge in [0.1, 0.15) is 10.6 Å². The standard InChI is InChI=1S/C18H22N2O2S/c1-18(2,22)17(21)19-11-16-20-14-9-8-13(10-15(14)23-16)12-6-4-3-5-7-12/h3-7,13,22H,8-11H2,1-2H3,(H,19,21)/t13-/m1/s1. The summed E-state index contributed by atoms with van der Waals surface area (Å²) >= 11 is 1.68. The van der Waals surface area contributed by atoms with Crippen molar-refractivity contribution in [2.75, 3.05) is 0 Å². The number of hydrogen-bond acceptors (Lipinski definition) is 4. The quantitative estimate of drug-likeness (QED) is 0.906. The summed E-state index contributed by atoms with van der Waals surface area (Å²) in [6.45, 7) is 3.36. The second-order valence-electron chi connectivity index (χ2n) is 6.57. The number of thiazole rings is 1. The number of nitrogens with zero attached hydrogens (tertiary/aromatic N) is 1. The first kappa shape index (κ1) is 16.1. The van der Waals surface area contributed by atoms with E-state index in [2.05, 4.69) is 34.6 Å². The molecule has 2 N–H and O–H groups in total. The van der Waals surface area contributed by atoms with E-state index in [-0.39, 0.29) is 5.91 Å². The number of nitrogens with one attached hydrogen (secondary N) is 1. The van der Waals surface area contributed by atoms with Gasteiger partial charge in [0, 0.05) is 4.88 Å². The average molecular weight is 330 g/mol. The van der Waals surface area contributed by atoms with Crippen LogP contribution < -0.4 is 5.32 Å². The average Bonchev–Trinajstić information content (AvgIpc) is 2.94. The minimum Gasteiger partial charge on any atom is -0.381 e. The monoisotopic (exact) mass is 330 g/mol. The number of aryl methyl sites for hydroxylation is 1. The third-order valence-corrected chi connectivity index (χ3v) is 5.33. The molecular weight excluding hydrogens is 308 g/mol. The van der Waals surface area contributed by atoms with Crippen LogP contribution in [0, 0.1) is 0 Å². The van der Waals surface area contributed by atoms with Gasteiger partial charge in [0.2, 0.25) is 0 Å². The normalized spacial score (nSPS) is 17.6. The number of hydrogen-bond donors (Lipinski definition) is 2. The maximum absolute atomic E-state index is 11.7. The number of carbonyl (C=O) groups excluding carboxylic acids is 1. The summed E-state index contributed by atoms with van der Waals surface area (Å²) in [6.07, 6.45) is 3.14. The Morgan fingerprint density at radius 2 is 2.13 bits per heavy atom. The first-order chi connectivity index (χ1) is 10.9. The number of rotatable bonds is 4. The molecule has 0 unspecified atom stereocenters. The molecule has 5 heteroatoms. The van der Waals surface area contributed by atoms with E-state index in [0.717, 1.165) is 24.3 Å². The fourth-order valence-corrected chi connectivity index (χ4v) is 4.02. The largest absolute Gasteiger partial charge is 0.381 e. The molecule has 1 heterocycles. The van der Waals surface area contributed by atoms with Gasteiger partial charge in [-0.15, -0.1) is 11.3 Å². The molecule has 4 nitrogen and oxygen atoms in total. The van der Waals surface area contributed by atoms with Gasteiger partial charge in [0.05, 0.1) is 12.2 Å². The van der Waals surface area contributed by atoms with Crippen molar-refractivity contribution in [1.29, 1.82) is 0 Å². The maximum atomic E-state index is 11.7. The van der Waals surface area contributed by atoms with Crippen LogP contribution in [0.1, 0.15) is 47.3 Å². The molecular formula is C18H22N2O2S. The lowest BCUT2D eigenvalue weighted by atomic mass is 9.85. The van der Waals surface area contributed by atoms with Crippen molar-refractivity contribution in [1.82, 2.24) is 10.3 Å². The molecule has 0 spiro atoms. The highest BCUT2D eigenvalue weighted by Crippen LogP contribution is 2.35. The van der Waals surface area contributed by atoms with Crippen molar-refractivity contribution in [3.63, 3.8) is 0 Å². The molecule has 0 saturated carbocycles. The molecule has 0 saturated heterocycles. The number of carbonyl (C=O) groups is 1. The van der Waals surface area contributed by atoms with E-state index in [1.54, 1.807) is 11.3 Å². The molecule has 1 aromatic carbocycles. The van der Waals surface area contributed by atoms with Crippen molar-refractivity contribution in [2.24, 2.45) is 0 Å². The van der Waals surface area contributed by atoms with Gasteiger partial charge in [0.15, 0.2) is 0 Å². The smallest absolute Gasteiger partial charge is 0.251 e. The second kappa shape index (κ2) is 6.42. The molecule has 1 amide bonds. The summed E-state index contributed by atoms with van der Waals surface area (Å²) in [5, 5.41) is 13.3. The number of benzene rings is 1. The van der Waals surface area contributed by atoms with Crippen molar-refractivity contribution < 1.29 is 9.90 Å². The van der Waals surface area contributed by atoms with E-state index < -0.39 is 5.60 Å². The molecule has 1 atom stereocenters. The van der Waals surface area contributed by atoms with Crippen LogP contribution in [0.25, 0.3) is 0 Å². The topological polar surface area (TPSA) is 62.2 Å². The zero-order chi connectivity index (χ0) is 16.4. The molecule has 0 bridgehead atoms. The zero-order valence-corrected chi connectivity index (χ0v) is 14.3. The Morgan fingerprint density at radius 3 is 2.83 bits per heavy atom. The minimum atomic E-state index is -1.35. The van der Waals surface area contributed by atoms with Gasteiger partial charge >= 0.3 is 0 Å². The Kier molecular flexibility index (Phi) is 4.50. The predicted molar refractivity (Wildman–Crippen MR) is 91.5 cm³/mol. The Bertz CT molecular complexity index is 689. The van der Waals surface area contributed by atoms with E-state index in [0.29, 0.717) is 12.5 Å². The molecule has 0 aliphatic heterocycles. The maximum Gasteiger partial charge on any atom is 0.251 e. The lowest BCUT2D eigenvalue weighted by Gasteiger charge is -2.21. The molecule has 23 heavy (non-hydrogen) atoms. The third-order valence-electron chi connectivity index (χ3n) is 4.21. The Balaban J connectivity index is 1.66. The summed E-state index contributed by atoms with van der Waals surface area (Å²) < 4.78 is 0. The van der Waals surface area contributed by atoms with Crippen LogP contribution in [0.15, 0.2) is 30.3 Å². The van der Waals surface area contributed by atoms with Crippen LogP contribution in [-0.2, 0) is 24.2 Å². The van der Waals surface area contributed by atoms with E-state index >= 15 is 0 Å². The van der Waals surface area contributed by atoms with Gasteiger partial charge in [0.25, 0.3) is 5.91 Å². The molecule has 1 aliphatic rings. The summed E-state index contributed by atoms with van der Waals surface area (Å²) in [5.41, 5.74) is 1.22. The van der Waals surface area contributed by atoms with Crippen molar-refractivity contribution in [3.8, 4) is 0 Å². The van der Waals surface area contributed by atoms with Crippen molar-refractivity contribution in [2.45, 2.75) is 51.2 Å². The summed E-state index contributed by atoms with van der Waals surface area (Å²) in [6, 6.07) is 10.6. The molecule has 1 aromatic heterocycles.